The number of nitrogens with two attached hydrogens (primary N) is 1. The van der Waals surface area contributed by atoms with Crippen molar-refractivity contribution in [3.63, 3.8) is 0 Å². The first kappa shape index (κ1) is 18.9. The molecule has 0 aromatic heterocycles. The third kappa shape index (κ3) is 7.12. The van der Waals surface area contributed by atoms with Gasteiger partial charge in [0, 0.05) is 19.7 Å². The van der Waals surface area contributed by atoms with E-state index in [0.29, 0.717) is 5.41 Å². The molecule has 2 atom stereocenters. The average Bonchev–Trinajstić information content (AvgIpc) is 3.24. The number of nitrogens with zero attached hydrogens (tertiary/aromatic N) is 1. The molecule has 1 saturated carbocycles. The number of rotatable bonds is 11. The summed E-state index contributed by atoms with van der Waals surface area (Å²) in [5, 5.41) is 0. The summed E-state index contributed by atoms with van der Waals surface area (Å²) in [5.74, 6) is 1.67. The number of hydrogen-bond donors (Lipinski definition) is 1. The van der Waals surface area contributed by atoms with Gasteiger partial charge in [-0.05, 0) is 69.4 Å². The average molecular weight is 299 g/mol. The van der Waals surface area contributed by atoms with E-state index >= 15 is 0 Å². The van der Waals surface area contributed by atoms with Gasteiger partial charge >= 0.3 is 0 Å². The van der Waals surface area contributed by atoms with Gasteiger partial charge in [0.25, 0.3) is 0 Å². The van der Waals surface area contributed by atoms with Crippen LogP contribution >= 0.6 is 0 Å². The normalized spacial score (nSPS) is 19.0. The number of ether oxygens (including phenoxy) is 1. The SMILES string of the molecule is COCCN(CCCC(CCN)C(C)(C)C)C(C)C1CC1. The molecule has 2 unspecified atom stereocenters. The minimum absolute atomic E-state index is 0.374. The molecule has 3 heteroatoms. The molecule has 126 valence electrons. The van der Waals surface area contributed by atoms with Gasteiger partial charge in [0.1, 0.15) is 0 Å². The topological polar surface area (TPSA) is 38.5 Å². The maximum Gasteiger partial charge on any atom is 0.0589 e. The van der Waals surface area contributed by atoms with E-state index in [-0.39, 0.29) is 0 Å². The molecular formula is C18H38N2O. The minimum atomic E-state index is 0.374. The summed E-state index contributed by atoms with van der Waals surface area (Å²) in [4.78, 5) is 2.64. The van der Waals surface area contributed by atoms with Crippen molar-refractivity contribution < 1.29 is 4.74 Å². The maximum absolute atomic E-state index is 5.79. The van der Waals surface area contributed by atoms with Gasteiger partial charge in [-0.15, -0.1) is 0 Å². The predicted octanol–water partition coefficient (Wildman–Crippen LogP) is 3.52. The Balaban J connectivity index is 2.39. The number of methoxy groups -OCH3 is 1. The lowest BCUT2D eigenvalue weighted by molar-refractivity contribution is 0.110. The zero-order chi connectivity index (χ0) is 15.9. The van der Waals surface area contributed by atoms with E-state index in [2.05, 4.69) is 32.6 Å². The zero-order valence-corrected chi connectivity index (χ0v) is 15.0. The molecule has 1 fully saturated rings. The van der Waals surface area contributed by atoms with Gasteiger partial charge in [-0.1, -0.05) is 20.8 Å². The molecule has 1 aliphatic rings. The molecule has 0 aromatic carbocycles. The van der Waals surface area contributed by atoms with Crippen molar-refractivity contribution in [2.75, 3.05) is 33.4 Å². The summed E-state index contributed by atoms with van der Waals surface area (Å²) in [6.07, 6.45) is 6.56. The van der Waals surface area contributed by atoms with E-state index in [1.807, 2.05) is 0 Å². The Morgan fingerprint density at radius 2 is 1.86 bits per heavy atom. The van der Waals surface area contributed by atoms with Crippen molar-refractivity contribution in [2.24, 2.45) is 23.0 Å². The van der Waals surface area contributed by atoms with Crippen molar-refractivity contribution in [3.05, 3.63) is 0 Å². The minimum Gasteiger partial charge on any atom is -0.383 e. The summed E-state index contributed by atoms with van der Waals surface area (Å²) in [6.45, 7) is 13.4. The molecule has 3 nitrogen and oxygen atoms in total. The van der Waals surface area contributed by atoms with Gasteiger partial charge in [0.05, 0.1) is 6.61 Å². The first-order valence-electron chi connectivity index (χ1n) is 8.83. The van der Waals surface area contributed by atoms with E-state index in [9.17, 15) is 0 Å². The van der Waals surface area contributed by atoms with Crippen LogP contribution in [0.5, 0.6) is 0 Å². The van der Waals surface area contributed by atoms with Crippen LogP contribution in [-0.4, -0.2) is 44.3 Å². The standard InChI is InChI=1S/C18H38N2O/c1-15(16-8-9-16)20(13-14-21-5)12-6-7-17(10-11-19)18(2,3)4/h15-17H,6-14,19H2,1-5H3. The summed E-state index contributed by atoms with van der Waals surface area (Å²) in [7, 11) is 1.80. The van der Waals surface area contributed by atoms with Gasteiger partial charge in [-0.3, -0.25) is 4.90 Å². The quantitative estimate of drug-likeness (QED) is 0.634. The van der Waals surface area contributed by atoms with Crippen molar-refractivity contribution >= 4 is 0 Å². The molecule has 21 heavy (non-hydrogen) atoms. The largest absolute Gasteiger partial charge is 0.383 e. The zero-order valence-electron chi connectivity index (χ0n) is 15.0. The highest BCUT2D eigenvalue weighted by Crippen LogP contribution is 2.36. The van der Waals surface area contributed by atoms with Crippen LogP contribution in [0.3, 0.4) is 0 Å². The molecule has 0 bridgehead atoms. The van der Waals surface area contributed by atoms with Crippen LogP contribution in [0.25, 0.3) is 0 Å². The third-order valence-corrected chi connectivity index (χ3v) is 5.20. The highest BCUT2D eigenvalue weighted by molar-refractivity contribution is 4.85. The van der Waals surface area contributed by atoms with Crippen molar-refractivity contribution in [2.45, 2.75) is 65.8 Å². The molecule has 0 aliphatic heterocycles. The Morgan fingerprint density at radius 3 is 2.33 bits per heavy atom. The summed E-state index contributed by atoms with van der Waals surface area (Å²) >= 11 is 0. The lowest BCUT2D eigenvalue weighted by Gasteiger charge is -2.33. The van der Waals surface area contributed by atoms with Gasteiger partial charge < -0.3 is 10.5 Å². The van der Waals surface area contributed by atoms with Gasteiger partial charge in [0.2, 0.25) is 0 Å². The second-order valence-corrected chi connectivity index (χ2v) is 7.89. The molecule has 1 aliphatic carbocycles. The Hall–Kier alpha value is -0.120. The van der Waals surface area contributed by atoms with Crippen LogP contribution in [0.15, 0.2) is 0 Å². The fraction of sp³-hybridized carbons (Fsp3) is 1.00. The van der Waals surface area contributed by atoms with Gasteiger partial charge in [-0.25, -0.2) is 0 Å². The Morgan fingerprint density at radius 1 is 1.19 bits per heavy atom. The highest BCUT2D eigenvalue weighted by Gasteiger charge is 2.32. The molecule has 0 aromatic rings. The molecular weight excluding hydrogens is 260 g/mol. The van der Waals surface area contributed by atoms with Crippen LogP contribution in [0, 0.1) is 17.3 Å². The van der Waals surface area contributed by atoms with Crippen LogP contribution in [0.2, 0.25) is 0 Å². The second-order valence-electron chi connectivity index (χ2n) is 7.89. The second kappa shape index (κ2) is 9.12. The van der Waals surface area contributed by atoms with Crippen LogP contribution in [0.4, 0.5) is 0 Å². The number of hydrogen-bond acceptors (Lipinski definition) is 3. The van der Waals surface area contributed by atoms with E-state index in [0.717, 1.165) is 44.0 Å². The first-order chi connectivity index (χ1) is 9.90. The van der Waals surface area contributed by atoms with Crippen molar-refractivity contribution in [3.8, 4) is 0 Å². The van der Waals surface area contributed by atoms with E-state index in [4.69, 9.17) is 10.5 Å². The smallest absolute Gasteiger partial charge is 0.0589 e. The van der Waals surface area contributed by atoms with E-state index in [1.165, 1.54) is 32.2 Å². The van der Waals surface area contributed by atoms with Crippen molar-refractivity contribution in [1.29, 1.82) is 0 Å². The summed E-state index contributed by atoms with van der Waals surface area (Å²) in [6, 6.07) is 0.725. The Bertz CT molecular complexity index is 271. The van der Waals surface area contributed by atoms with E-state index in [1.54, 1.807) is 7.11 Å². The highest BCUT2D eigenvalue weighted by atomic mass is 16.5. The first-order valence-corrected chi connectivity index (χ1v) is 8.83. The van der Waals surface area contributed by atoms with Gasteiger partial charge in [-0.2, -0.15) is 0 Å². The Labute approximate surface area is 132 Å². The fourth-order valence-corrected chi connectivity index (χ4v) is 3.36. The van der Waals surface area contributed by atoms with E-state index < -0.39 is 0 Å². The molecule has 0 heterocycles. The van der Waals surface area contributed by atoms with Crippen LogP contribution < -0.4 is 5.73 Å². The van der Waals surface area contributed by atoms with Crippen molar-refractivity contribution in [1.82, 2.24) is 4.90 Å². The summed E-state index contributed by atoms with van der Waals surface area (Å²) < 4.78 is 5.28. The predicted molar refractivity (Wildman–Crippen MR) is 91.5 cm³/mol. The fourth-order valence-electron chi connectivity index (χ4n) is 3.36. The lowest BCUT2D eigenvalue weighted by atomic mass is 9.76. The lowest BCUT2D eigenvalue weighted by Crippen LogP contribution is -2.38. The Kier molecular flexibility index (Phi) is 8.22. The monoisotopic (exact) mass is 298 g/mol. The molecule has 2 N–H and O–H groups in total. The summed E-state index contributed by atoms with van der Waals surface area (Å²) in [5.41, 5.74) is 6.17. The van der Waals surface area contributed by atoms with Crippen LogP contribution in [0.1, 0.15) is 59.8 Å². The van der Waals surface area contributed by atoms with Crippen LogP contribution in [-0.2, 0) is 4.74 Å². The molecule has 0 saturated heterocycles. The molecule has 0 amide bonds. The molecule has 1 rings (SSSR count). The van der Waals surface area contributed by atoms with Gasteiger partial charge in [0.15, 0.2) is 0 Å². The molecule has 0 spiro atoms. The third-order valence-electron chi connectivity index (χ3n) is 5.20. The maximum atomic E-state index is 5.79. The molecule has 0 radical (unpaired) electrons.